The van der Waals surface area contributed by atoms with Gasteiger partial charge in [0, 0.05) is 23.7 Å². The van der Waals surface area contributed by atoms with Gasteiger partial charge in [0.05, 0.1) is 24.2 Å². The number of methoxy groups -OCH3 is 1. The number of ketones is 1. The van der Waals surface area contributed by atoms with Gasteiger partial charge in [-0.25, -0.2) is 9.59 Å². The second-order valence-corrected chi connectivity index (χ2v) is 8.21. The van der Waals surface area contributed by atoms with Crippen LogP contribution >= 0.6 is 0 Å². The van der Waals surface area contributed by atoms with E-state index in [0.717, 1.165) is 42.6 Å². The Morgan fingerprint density at radius 3 is 2.40 bits per heavy atom. The second-order valence-electron chi connectivity index (χ2n) is 8.21. The third-order valence-corrected chi connectivity index (χ3v) is 6.30. The van der Waals surface area contributed by atoms with Crippen LogP contribution in [-0.2, 0) is 19.1 Å². The van der Waals surface area contributed by atoms with Gasteiger partial charge in [0.25, 0.3) is 0 Å². The molecule has 2 aliphatic carbocycles. The lowest BCUT2D eigenvalue weighted by Gasteiger charge is -2.38. The van der Waals surface area contributed by atoms with Crippen molar-refractivity contribution in [2.24, 2.45) is 5.92 Å². The van der Waals surface area contributed by atoms with Crippen molar-refractivity contribution in [3.8, 4) is 0 Å². The number of carbonyl (C=O) groups is 3. The fraction of sp³-hybridized carbons (Fsp3) is 0.458. The average molecular weight is 409 g/mol. The summed E-state index contributed by atoms with van der Waals surface area (Å²) in [7, 11) is 1.34. The van der Waals surface area contributed by atoms with Crippen molar-refractivity contribution in [1.82, 2.24) is 5.32 Å². The van der Waals surface area contributed by atoms with Gasteiger partial charge >= 0.3 is 11.9 Å². The summed E-state index contributed by atoms with van der Waals surface area (Å²) < 4.78 is 10.6. The van der Waals surface area contributed by atoms with Gasteiger partial charge in [-0.1, -0.05) is 18.2 Å². The van der Waals surface area contributed by atoms with E-state index in [9.17, 15) is 14.4 Å². The number of allylic oxidation sites excluding steroid dienone is 3. The second kappa shape index (κ2) is 8.46. The van der Waals surface area contributed by atoms with Gasteiger partial charge < -0.3 is 14.8 Å². The van der Waals surface area contributed by atoms with Crippen LogP contribution < -0.4 is 5.32 Å². The van der Waals surface area contributed by atoms with Crippen LogP contribution in [-0.4, -0.2) is 30.9 Å². The summed E-state index contributed by atoms with van der Waals surface area (Å²) in [6.45, 7) is 1.86. The normalized spacial score (nSPS) is 24.1. The summed E-state index contributed by atoms with van der Waals surface area (Å²) in [6, 6.07) is 6.96. The van der Waals surface area contributed by atoms with Crippen LogP contribution in [0.3, 0.4) is 0 Å². The summed E-state index contributed by atoms with van der Waals surface area (Å²) in [5, 5.41) is 3.29. The van der Waals surface area contributed by atoms with Crippen LogP contribution in [0.15, 0.2) is 47.3 Å². The number of hydrogen-bond donors (Lipinski definition) is 1. The first-order chi connectivity index (χ1) is 14.5. The summed E-state index contributed by atoms with van der Waals surface area (Å²) in [5.74, 6) is -1.55. The van der Waals surface area contributed by atoms with E-state index in [4.69, 9.17) is 9.47 Å². The molecule has 2 unspecified atom stereocenters. The van der Waals surface area contributed by atoms with E-state index in [0.29, 0.717) is 24.0 Å². The van der Waals surface area contributed by atoms with E-state index in [1.54, 1.807) is 24.3 Å². The lowest BCUT2D eigenvalue weighted by molar-refractivity contribution is -0.144. The maximum Gasteiger partial charge on any atom is 0.337 e. The number of benzene rings is 1. The van der Waals surface area contributed by atoms with Crippen LogP contribution in [0.2, 0.25) is 0 Å². The Morgan fingerprint density at radius 2 is 1.73 bits per heavy atom. The Hall–Kier alpha value is -2.89. The molecule has 1 fully saturated rings. The highest BCUT2D eigenvalue weighted by Gasteiger charge is 2.43. The molecule has 1 saturated carbocycles. The molecule has 30 heavy (non-hydrogen) atoms. The molecule has 0 spiro atoms. The van der Waals surface area contributed by atoms with Crippen molar-refractivity contribution >= 4 is 17.7 Å². The van der Waals surface area contributed by atoms with Gasteiger partial charge in [0.2, 0.25) is 0 Å². The third-order valence-electron chi connectivity index (χ3n) is 6.30. The van der Waals surface area contributed by atoms with Crippen molar-refractivity contribution < 1.29 is 23.9 Å². The molecule has 0 amide bonds. The van der Waals surface area contributed by atoms with Crippen molar-refractivity contribution in [2.75, 3.05) is 7.11 Å². The van der Waals surface area contributed by atoms with Gasteiger partial charge in [-0.15, -0.1) is 0 Å². The fourth-order valence-corrected chi connectivity index (χ4v) is 4.81. The van der Waals surface area contributed by atoms with E-state index in [1.807, 2.05) is 13.0 Å². The minimum Gasteiger partial charge on any atom is -0.465 e. The molecule has 6 nitrogen and oxygen atoms in total. The maximum atomic E-state index is 13.2. The van der Waals surface area contributed by atoms with E-state index in [2.05, 4.69) is 5.32 Å². The van der Waals surface area contributed by atoms with Gasteiger partial charge in [-0.05, 0) is 56.7 Å². The summed E-state index contributed by atoms with van der Waals surface area (Å²) in [6.07, 6.45) is 7.05. The largest absolute Gasteiger partial charge is 0.465 e. The molecular weight excluding hydrogens is 382 g/mol. The zero-order chi connectivity index (χ0) is 21.3. The SMILES string of the molecule is COC(=O)c1ccc(C2C(C(=O)OC3CCCC3)=C(C)NC3=CCCC(=O)C32)cc1. The number of hydrogen-bond acceptors (Lipinski definition) is 6. The van der Waals surface area contributed by atoms with E-state index in [1.165, 1.54) is 7.11 Å². The van der Waals surface area contributed by atoms with Gasteiger partial charge in [0.15, 0.2) is 0 Å². The van der Waals surface area contributed by atoms with Gasteiger partial charge in [-0.3, -0.25) is 4.79 Å². The molecule has 0 radical (unpaired) electrons. The van der Waals surface area contributed by atoms with E-state index < -0.39 is 17.8 Å². The monoisotopic (exact) mass is 409 g/mol. The fourth-order valence-electron chi connectivity index (χ4n) is 4.81. The number of esters is 2. The lowest BCUT2D eigenvalue weighted by atomic mass is 9.71. The van der Waals surface area contributed by atoms with Crippen LogP contribution in [0.1, 0.15) is 67.3 Å². The molecule has 1 N–H and O–H groups in total. The third kappa shape index (κ3) is 3.78. The number of carbonyl (C=O) groups excluding carboxylic acids is 3. The molecule has 0 aromatic heterocycles. The molecule has 1 heterocycles. The number of nitrogens with one attached hydrogen (secondary N) is 1. The first kappa shape index (κ1) is 20.4. The van der Waals surface area contributed by atoms with Crippen LogP contribution in [0, 0.1) is 5.92 Å². The quantitative estimate of drug-likeness (QED) is 0.762. The van der Waals surface area contributed by atoms with Gasteiger partial charge in [0.1, 0.15) is 11.9 Å². The molecule has 4 rings (SSSR count). The topological polar surface area (TPSA) is 81.7 Å². The van der Waals surface area contributed by atoms with Crippen molar-refractivity contribution in [2.45, 2.75) is 57.5 Å². The molecule has 2 atom stereocenters. The molecular formula is C24H27NO5. The first-order valence-corrected chi connectivity index (χ1v) is 10.6. The molecule has 158 valence electrons. The summed E-state index contributed by atoms with van der Waals surface area (Å²) in [5.41, 5.74) is 3.32. The molecule has 0 saturated heterocycles. The maximum absolute atomic E-state index is 13.2. The molecule has 3 aliphatic rings. The number of ether oxygens (including phenoxy) is 2. The van der Waals surface area contributed by atoms with Crippen LogP contribution in [0.4, 0.5) is 0 Å². The van der Waals surface area contributed by atoms with Crippen molar-refractivity contribution in [3.63, 3.8) is 0 Å². The first-order valence-electron chi connectivity index (χ1n) is 10.6. The predicted octanol–water partition coefficient (Wildman–Crippen LogP) is 3.78. The van der Waals surface area contributed by atoms with Gasteiger partial charge in [-0.2, -0.15) is 0 Å². The minimum absolute atomic E-state index is 0.0563. The molecule has 1 aromatic rings. The highest BCUT2D eigenvalue weighted by molar-refractivity contribution is 5.96. The molecule has 1 aromatic carbocycles. The smallest absolute Gasteiger partial charge is 0.337 e. The Balaban J connectivity index is 1.74. The molecule has 1 aliphatic heterocycles. The van der Waals surface area contributed by atoms with E-state index in [-0.39, 0.29) is 17.9 Å². The lowest BCUT2D eigenvalue weighted by Crippen LogP contribution is -2.41. The Kier molecular flexibility index (Phi) is 5.75. The Bertz CT molecular complexity index is 921. The Labute approximate surface area is 176 Å². The predicted molar refractivity (Wildman–Crippen MR) is 111 cm³/mol. The highest BCUT2D eigenvalue weighted by atomic mass is 16.5. The zero-order valence-corrected chi connectivity index (χ0v) is 17.4. The Morgan fingerprint density at radius 1 is 1.03 bits per heavy atom. The summed E-state index contributed by atoms with van der Waals surface area (Å²) >= 11 is 0. The van der Waals surface area contributed by atoms with Crippen LogP contribution in [0.5, 0.6) is 0 Å². The summed E-state index contributed by atoms with van der Waals surface area (Å²) in [4.78, 5) is 38.0. The van der Waals surface area contributed by atoms with Crippen molar-refractivity contribution in [3.05, 3.63) is 58.4 Å². The highest BCUT2D eigenvalue weighted by Crippen LogP contribution is 2.44. The minimum atomic E-state index is -0.447. The van der Waals surface area contributed by atoms with Crippen LogP contribution in [0.25, 0.3) is 0 Å². The number of fused-ring (bicyclic) bond motifs is 1. The zero-order valence-electron chi connectivity index (χ0n) is 17.4. The standard InChI is InChI=1S/C24H27NO5/c1-14-20(24(28)30-17-6-3-4-7-17)21(22-18(25-14)8-5-9-19(22)26)15-10-12-16(13-11-15)23(27)29-2/h8,10-13,17,21-22,25H,3-7,9H2,1-2H3. The molecule has 0 bridgehead atoms. The molecule has 6 heteroatoms. The number of rotatable bonds is 4. The average Bonchev–Trinajstić information content (AvgIpc) is 3.25. The van der Waals surface area contributed by atoms with E-state index >= 15 is 0 Å². The number of Topliss-reactive ketones (excluding diaryl/α,β-unsaturated/α-hetero) is 1. The van der Waals surface area contributed by atoms with Crippen molar-refractivity contribution in [1.29, 1.82) is 0 Å².